The van der Waals surface area contributed by atoms with E-state index in [1.54, 1.807) is 11.6 Å². The fraction of sp³-hybridized carbons (Fsp3) is 0.214. The Hall–Kier alpha value is -2.45. The van der Waals surface area contributed by atoms with Crippen LogP contribution in [0.25, 0.3) is 4.96 Å². The van der Waals surface area contributed by atoms with E-state index in [0.29, 0.717) is 11.4 Å². The summed E-state index contributed by atoms with van der Waals surface area (Å²) in [6.07, 6.45) is 1.52. The zero-order valence-electron chi connectivity index (χ0n) is 11.3. The summed E-state index contributed by atoms with van der Waals surface area (Å²) in [5.74, 6) is 0.0884. The molecule has 0 saturated carbocycles. The van der Waals surface area contributed by atoms with Crippen LogP contribution in [0, 0.1) is 10.1 Å². The van der Waals surface area contributed by atoms with Gasteiger partial charge >= 0.3 is 5.82 Å². The Bertz CT molecular complexity index is 872. The predicted molar refractivity (Wildman–Crippen MR) is 82.2 cm³/mol. The van der Waals surface area contributed by atoms with E-state index < -0.39 is 11.0 Å². The molecule has 1 aliphatic carbocycles. The van der Waals surface area contributed by atoms with Crippen molar-refractivity contribution >= 4 is 27.9 Å². The molecule has 2 atom stereocenters. The maximum Gasteiger partial charge on any atom is 0.372 e. The van der Waals surface area contributed by atoms with Gasteiger partial charge in [0.15, 0.2) is 0 Å². The minimum atomic E-state index is -0.628. The zero-order valence-corrected chi connectivity index (χ0v) is 12.2. The molecule has 0 aliphatic heterocycles. The molecule has 1 aliphatic rings. The normalized spacial score (nSPS) is 20.2. The lowest BCUT2D eigenvalue weighted by Crippen LogP contribution is -2.21. The summed E-state index contributed by atoms with van der Waals surface area (Å²) in [6, 6.07) is 7.31. The van der Waals surface area contributed by atoms with Gasteiger partial charge in [0.2, 0.25) is 5.82 Å². The van der Waals surface area contributed by atoms with Crippen molar-refractivity contribution in [1.82, 2.24) is 9.38 Å². The number of imidazole rings is 1. The van der Waals surface area contributed by atoms with Crippen LogP contribution in [0.2, 0.25) is 0 Å². The quantitative estimate of drug-likeness (QED) is 0.571. The first-order valence-corrected chi connectivity index (χ1v) is 7.65. The van der Waals surface area contributed by atoms with Gasteiger partial charge < -0.3 is 20.5 Å². The third-order valence-electron chi connectivity index (χ3n) is 3.91. The van der Waals surface area contributed by atoms with Crippen LogP contribution in [0.3, 0.4) is 0 Å². The molecule has 2 heterocycles. The van der Waals surface area contributed by atoms with Crippen molar-refractivity contribution in [2.75, 3.05) is 5.32 Å². The molecule has 0 fully saturated rings. The molecule has 22 heavy (non-hydrogen) atoms. The van der Waals surface area contributed by atoms with Crippen molar-refractivity contribution in [3.8, 4) is 0 Å². The molecule has 4 rings (SSSR count). The number of nitrogens with zero attached hydrogens (tertiary/aromatic N) is 3. The molecular weight excluding hydrogens is 304 g/mol. The lowest BCUT2D eigenvalue weighted by atomic mass is 10.1. The number of rotatable bonds is 3. The Morgan fingerprint density at radius 3 is 3.09 bits per heavy atom. The van der Waals surface area contributed by atoms with Crippen molar-refractivity contribution in [3.63, 3.8) is 0 Å². The Morgan fingerprint density at radius 1 is 1.45 bits per heavy atom. The summed E-state index contributed by atoms with van der Waals surface area (Å²) in [5, 5.41) is 26.4. The molecule has 7 nitrogen and oxygen atoms in total. The number of nitro groups is 1. The highest BCUT2D eigenvalue weighted by Gasteiger charge is 2.34. The Labute approximate surface area is 129 Å². The van der Waals surface area contributed by atoms with Gasteiger partial charge in [-0.15, -0.1) is 0 Å². The minimum absolute atomic E-state index is 0.104. The van der Waals surface area contributed by atoms with Crippen LogP contribution < -0.4 is 5.32 Å². The summed E-state index contributed by atoms with van der Waals surface area (Å²) in [4.78, 5) is 15.7. The van der Waals surface area contributed by atoms with Crippen molar-refractivity contribution in [2.45, 2.75) is 18.6 Å². The van der Waals surface area contributed by atoms with Gasteiger partial charge in [-0.3, -0.25) is 0 Å². The van der Waals surface area contributed by atoms with Crippen LogP contribution in [-0.4, -0.2) is 25.5 Å². The molecule has 0 saturated heterocycles. The fourth-order valence-corrected chi connectivity index (χ4v) is 3.65. The van der Waals surface area contributed by atoms with E-state index in [0.717, 1.165) is 11.1 Å². The number of hydrogen-bond acceptors (Lipinski definition) is 6. The summed E-state index contributed by atoms with van der Waals surface area (Å²) in [6.45, 7) is 0. The Kier molecular flexibility index (Phi) is 2.88. The lowest BCUT2D eigenvalue weighted by molar-refractivity contribution is -0.389. The Morgan fingerprint density at radius 2 is 2.27 bits per heavy atom. The van der Waals surface area contributed by atoms with Gasteiger partial charge in [-0.2, -0.15) is 9.38 Å². The largest absolute Gasteiger partial charge is 0.390 e. The van der Waals surface area contributed by atoms with E-state index in [1.807, 2.05) is 24.3 Å². The number of aromatic nitrogens is 2. The zero-order chi connectivity index (χ0) is 15.3. The highest BCUT2D eigenvalue weighted by atomic mass is 32.1. The standard InChI is InChI=1S/C14H12N4O3S/c19-10-7-8-3-1-2-4-9(8)11(10)15-12-13(18(20)21)17-5-6-22-14(17)16-12/h1-6,10-11,15,19H,7H2/t10-,11+/m0/s1. The molecule has 3 aromatic rings. The van der Waals surface area contributed by atoms with Crippen LogP contribution in [0.4, 0.5) is 11.6 Å². The third-order valence-corrected chi connectivity index (χ3v) is 4.66. The van der Waals surface area contributed by atoms with Crippen LogP contribution in [0.5, 0.6) is 0 Å². The molecule has 0 amide bonds. The number of fused-ring (bicyclic) bond motifs is 2. The molecule has 0 spiro atoms. The predicted octanol–water partition coefficient (Wildman–Crippen LogP) is 2.37. The van der Waals surface area contributed by atoms with E-state index in [1.165, 1.54) is 15.7 Å². The number of benzene rings is 1. The summed E-state index contributed by atoms with van der Waals surface area (Å²) in [5.41, 5.74) is 2.01. The molecule has 2 N–H and O–H groups in total. The van der Waals surface area contributed by atoms with E-state index in [2.05, 4.69) is 10.3 Å². The van der Waals surface area contributed by atoms with Crippen molar-refractivity contribution in [1.29, 1.82) is 0 Å². The van der Waals surface area contributed by atoms with Gasteiger partial charge in [0.25, 0.3) is 4.96 Å². The summed E-state index contributed by atoms with van der Waals surface area (Å²) >= 11 is 1.33. The SMILES string of the molecule is O=[N+]([O-])c1c(N[C@@H]2c3ccccc3C[C@@H]2O)nc2sccn12. The number of hydrogen-bond donors (Lipinski definition) is 2. The minimum Gasteiger partial charge on any atom is -0.390 e. The number of aliphatic hydroxyl groups excluding tert-OH is 1. The molecular formula is C14H12N4O3S. The van der Waals surface area contributed by atoms with E-state index in [9.17, 15) is 15.2 Å². The number of thiazole rings is 1. The van der Waals surface area contributed by atoms with Gasteiger partial charge in [0, 0.05) is 11.8 Å². The second-order valence-corrected chi connectivity index (χ2v) is 6.06. The molecule has 0 radical (unpaired) electrons. The van der Waals surface area contributed by atoms with Gasteiger partial charge in [0.05, 0.1) is 12.1 Å². The molecule has 0 unspecified atom stereocenters. The molecule has 1 aromatic carbocycles. The van der Waals surface area contributed by atoms with Crippen LogP contribution in [-0.2, 0) is 6.42 Å². The summed E-state index contributed by atoms with van der Waals surface area (Å²) < 4.78 is 1.44. The lowest BCUT2D eigenvalue weighted by Gasteiger charge is -2.17. The number of nitrogens with one attached hydrogen (secondary N) is 1. The topological polar surface area (TPSA) is 92.7 Å². The smallest absolute Gasteiger partial charge is 0.372 e. The Balaban J connectivity index is 1.76. The highest BCUT2D eigenvalue weighted by Crippen LogP contribution is 2.37. The molecule has 8 heteroatoms. The van der Waals surface area contributed by atoms with Gasteiger partial charge in [-0.25, -0.2) is 0 Å². The first kappa shape index (κ1) is 13.2. The fourth-order valence-electron chi connectivity index (χ4n) is 2.94. The third kappa shape index (κ3) is 1.88. The molecule has 112 valence electrons. The average molecular weight is 316 g/mol. The van der Waals surface area contributed by atoms with Gasteiger partial charge in [0.1, 0.15) is 6.20 Å². The maximum absolute atomic E-state index is 11.3. The van der Waals surface area contributed by atoms with Crippen LogP contribution >= 0.6 is 11.3 Å². The number of anilines is 1. The van der Waals surface area contributed by atoms with Gasteiger partial charge in [-0.05, 0) is 16.1 Å². The molecule has 0 bridgehead atoms. The van der Waals surface area contributed by atoms with Crippen LogP contribution in [0.15, 0.2) is 35.8 Å². The van der Waals surface area contributed by atoms with E-state index in [-0.39, 0.29) is 17.7 Å². The second kappa shape index (κ2) is 4.79. The van der Waals surface area contributed by atoms with E-state index >= 15 is 0 Å². The average Bonchev–Trinajstić information content (AvgIpc) is 3.12. The van der Waals surface area contributed by atoms with Crippen molar-refractivity contribution < 1.29 is 10.0 Å². The number of aliphatic hydroxyl groups is 1. The van der Waals surface area contributed by atoms with Crippen LogP contribution in [0.1, 0.15) is 17.2 Å². The summed E-state index contributed by atoms with van der Waals surface area (Å²) in [7, 11) is 0. The van der Waals surface area contributed by atoms with Crippen molar-refractivity contribution in [3.05, 3.63) is 57.1 Å². The molecule has 2 aromatic heterocycles. The first-order valence-electron chi connectivity index (χ1n) is 6.77. The monoisotopic (exact) mass is 316 g/mol. The van der Waals surface area contributed by atoms with Crippen molar-refractivity contribution in [2.24, 2.45) is 0 Å². The maximum atomic E-state index is 11.3. The van der Waals surface area contributed by atoms with E-state index in [4.69, 9.17) is 0 Å². The first-order chi connectivity index (χ1) is 10.6. The van der Waals surface area contributed by atoms with Gasteiger partial charge in [-0.1, -0.05) is 35.6 Å². The highest BCUT2D eigenvalue weighted by molar-refractivity contribution is 7.15. The second-order valence-electron chi connectivity index (χ2n) is 5.19.